The van der Waals surface area contributed by atoms with E-state index in [4.69, 9.17) is 14.2 Å². The van der Waals surface area contributed by atoms with Crippen molar-refractivity contribution < 1.29 is 28.6 Å². The van der Waals surface area contributed by atoms with Crippen LogP contribution in [0.3, 0.4) is 0 Å². The summed E-state index contributed by atoms with van der Waals surface area (Å²) in [5, 5.41) is 0. The van der Waals surface area contributed by atoms with Crippen molar-refractivity contribution in [1.82, 2.24) is 0 Å². The summed E-state index contributed by atoms with van der Waals surface area (Å²) in [7, 11) is 0. The third kappa shape index (κ3) is 50.0. The van der Waals surface area contributed by atoms with Gasteiger partial charge >= 0.3 is 17.9 Å². The molecule has 366 valence electrons. The summed E-state index contributed by atoms with van der Waals surface area (Å²) in [6.07, 6.45) is 76.7. The highest BCUT2D eigenvalue weighted by Crippen LogP contribution is 2.10. The summed E-state index contributed by atoms with van der Waals surface area (Å²) in [6, 6.07) is 0. The van der Waals surface area contributed by atoms with Crippen LogP contribution in [0.15, 0.2) is 158 Å². The number of hydrogen-bond acceptors (Lipinski definition) is 6. The molecule has 0 saturated carbocycles. The molecule has 0 spiro atoms. The van der Waals surface area contributed by atoms with Crippen LogP contribution in [0, 0.1) is 0 Å². The smallest absolute Gasteiger partial charge is 0.306 e. The Kier molecular flexibility index (Phi) is 48.7. The third-order valence-corrected chi connectivity index (χ3v) is 9.77. The number of allylic oxidation sites excluding steroid dienone is 26. The molecule has 0 aliphatic rings. The Morgan fingerprint density at radius 2 is 0.576 bits per heavy atom. The van der Waals surface area contributed by atoms with E-state index in [0.29, 0.717) is 19.3 Å². The van der Waals surface area contributed by atoms with Crippen LogP contribution in [0.1, 0.15) is 181 Å². The van der Waals surface area contributed by atoms with E-state index in [2.05, 4.69) is 167 Å². The zero-order valence-electron chi connectivity index (χ0n) is 41.6. The van der Waals surface area contributed by atoms with Crippen LogP contribution in [-0.2, 0) is 28.6 Å². The topological polar surface area (TPSA) is 78.9 Å². The van der Waals surface area contributed by atoms with Gasteiger partial charge in [0.15, 0.2) is 6.10 Å². The average Bonchev–Trinajstić information content (AvgIpc) is 3.31. The fraction of sp³-hybridized carbons (Fsp3) is 0.517. The summed E-state index contributed by atoms with van der Waals surface area (Å²) in [6.45, 7) is 6.14. The summed E-state index contributed by atoms with van der Waals surface area (Å²) in [4.78, 5) is 38.0. The zero-order valence-corrected chi connectivity index (χ0v) is 41.6. The maximum atomic E-state index is 12.8. The predicted molar refractivity (Wildman–Crippen MR) is 283 cm³/mol. The second-order valence-corrected chi connectivity index (χ2v) is 15.9. The molecule has 1 atom stereocenters. The summed E-state index contributed by atoms with van der Waals surface area (Å²) < 4.78 is 16.7. The van der Waals surface area contributed by atoms with E-state index in [1.807, 2.05) is 12.2 Å². The first-order chi connectivity index (χ1) is 32.5. The molecule has 0 amide bonds. The Hall–Kier alpha value is -4.97. The van der Waals surface area contributed by atoms with E-state index >= 15 is 0 Å². The van der Waals surface area contributed by atoms with Gasteiger partial charge in [-0.25, -0.2) is 0 Å². The molecule has 1 unspecified atom stereocenters. The lowest BCUT2D eigenvalue weighted by Gasteiger charge is -2.18. The van der Waals surface area contributed by atoms with Crippen molar-refractivity contribution in [2.45, 2.75) is 187 Å². The van der Waals surface area contributed by atoms with E-state index in [9.17, 15) is 14.4 Å². The normalized spacial score (nSPS) is 13.4. The average molecular weight is 907 g/mol. The van der Waals surface area contributed by atoms with Crippen molar-refractivity contribution >= 4 is 17.9 Å². The molecule has 0 aliphatic heterocycles. The van der Waals surface area contributed by atoms with Gasteiger partial charge in [-0.05, 0) is 128 Å². The Labute approximate surface area is 403 Å². The Balaban J connectivity index is 4.65. The minimum absolute atomic E-state index is 0.138. The first kappa shape index (κ1) is 61.0. The van der Waals surface area contributed by atoms with Crippen molar-refractivity contribution in [3.05, 3.63) is 158 Å². The standard InChI is InChI=1S/C60H90O6/c1-4-7-10-13-16-19-22-25-28-31-34-37-40-43-46-49-52-58(61)64-55-57(66-60(63)54-51-48-45-42-39-36-33-30-27-24-21-18-15-12-9-6-3)56-65-59(62)53-50-47-44-41-38-35-32-29-26-23-20-17-14-11-8-5-2/h7-12,16-21,25-30,34-39,43,46,57H,4-6,13-15,22-24,31-33,40-42,44-45,47-56H2,1-3H3/b10-7-,11-8-,12-9-,19-16-,20-17-,21-18-,28-25-,29-26-,30-27-,37-34-,38-35-,39-36-,46-43-. The maximum Gasteiger partial charge on any atom is 0.306 e. The monoisotopic (exact) mass is 907 g/mol. The van der Waals surface area contributed by atoms with Crippen LogP contribution in [0.25, 0.3) is 0 Å². The fourth-order valence-corrected chi connectivity index (χ4v) is 6.06. The van der Waals surface area contributed by atoms with Gasteiger partial charge in [0.25, 0.3) is 0 Å². The predicted octanol–water partition coefficient (Wildman–Crippen LogP) is 17.0. The molecule has 0 heterocycles. The zero-order chi connectivity index (χ0) is 47.9. The second-order valence-electron chi connectivity index (χ2n) is 15.9. The molecule has 0 aromatic heterocycles. The van der Waals surface area contributed by atoms with Gasteiger partial charge < -0.3 is 14.2 Å². The van der Waals surface area contributed by atoms with Crippen LogP contribution in [-0.4, -0.2) is 37.2 Å². The van der Waals surface area contributed by atoms with Gasteiger partial charge in [-0.3, -0.25) is 14.4 Å². The van der Waals surface area contributed by atoms with Crippen LogP contribution < -0.4 is 0 Å². The van der Waals surface area contributed by atoms with E-state index in [1.165, 1.54) is 0 Å². The van der Waals surface area contributed by atoms with Crippen molar-refractivity contribution in [3.8, 4) is 0 Å². The number of hydrogen-bond donors (Lipinski definition) is 0. The second kappa shape index (κ2) is 52.7. The number of unbranched alkanes of at least 4 members (excludes halogenated alkanes) is 6. The molecule has 0 fully saturated rings. The van der Waals surface area contributed by atoms with Gasteiger partial charge in [-0.1, -0.05) is 192 Å². The number of esters is 3. The summed E-state index contributed by atoms with van der Waals surface area (Å²) in [5.41, 5.74) is 0. The van der Waals surface area contributed by atoms with E-state index in [0.717, 1.165) is 128 Å². The minimum atomic E-state index is -0.846. The number of carbonyl (C=O) groups is 3. The van der Waals surface area contributed by atoms with Crippen molar-refractivity contribution in [3.63, 3.8) is 0 Å². The molecule has 0 rings (SSSR count). The Morgan fingerprint density at radius 1 is 0.303 bits per heavy atom. The van der Waals surface area contributed by atoms with E-state index in [-0.39, 0.29) is 44.0 Å². The highest BCUT2D eigenvalue weighted by atomic mass is 16.6. The highest BCUT2D eigenvalue weighted by Gasteiger charge is 2.19. The summed E-state index contributed by atoms with van der Waals surface area (Å²) >= 11 is 0. The maximum absolute atomic E-state index is 12.8. The first-order valence-electron chi connectivity index (χ1n) is 25.5. The Bertz CT molecular complexity index is 1560. The highest BCUT2D eigenvalue weighted by molar-refractivity contribution is 5.71. The van der Waals surface area contributed by atoms with Gasteiger partial charge in [0.1, 0.15) is 13.2 Å². The molecule has 0 aliphatic carbocycles. The molecule has 0 bridgehead atoms. The fourth-order valence-electron chi connectivity index (χ4n) is 6.06. The lowest BCUT2D eigenvalue weighted by molar-refractivity contribution is -0.166. The lowest BCUT2D eigenvalue weighted by atomic mass is 10.1. The molecule has 6 nitrogen and oxygen atoms in total. The van der Waals surface area contributed by atoms with Crippen molar-refractivity contribution in [1.29, 1.82) is 0 Å². The van der Waals surface area contributed by atoms with Gasteiger partial charge in [0, 0.05) is 19.3 Å². The SMILES string of the molecule is CC/C=C\C/C=C\C/C=C\C/C=C\C/C=C\CCC(=O)OCC(COC(=O)CCCCC/C=C\C/C=C\C/C=C\C/C=C\CC)OC(=O)CCCCC/C=C\C/C=C\C/C=C\C/C=C\CC. The molecular formula is C60H90O6. The third-order valence-electron chi connectivity index (χ3n) is 9.77. The Morgan fingerprint density at radius 3 is 0.909 bits per heavy atom. The van der Waals surface area contributed by atoms with Crippen LogP contribution in [0.4, 0.5) is 0 Å². The molecule has 6 heteroatoms. The van der Waals surface area contributed by atoms with E-state index in [1.54, 1.807) is 0 Å². The van der Waals surface area contributed by atoms with Crippen LogP contribution in [0.2, 0.25) is 0 Å². The molecule has 0 radical (unpaired) electrons. The van der Waals surface area contributed by atoms with Gasteiger partial charge in [-0.2, -0.15) is 0 Å². The van der Waals surface area contributed by atoms with E-state index < -0.39 is 6.10 Å². The molecule has 0 N–H and O–H groups in total. The molecular weight excluding hydrogens is 817 g/mol. The van der Waals surface area contributed by atoms with Crippen molar-refractivity contribution in [2.75, 3.05) is 13.2 Å². The van der Waals surface area contributed by atoms with Crippen LogP contribution >= 0.6 is 0 Å². The minimum Gasteiger partial charge on any atom is -0.462 e. The quantitative estimate of drug-likeness (QED) is 0.0262. The van der Waals surface area contributed by atoms with Crippen molar-refractivity contribution in [2.24, 2.45) is 0 Å². The molecule has 0 aromatic rings. The first-order valence-corrected chi connectivity index (χ1v) is 25.5. The van der Waals surface area contributed by atoms with Crippen LogP contribution in [0.5, 0.6) is 0 Å². The summed E-state index contributed by atoms with van der Waals surface area (Å²) in [5.74, 6) is -1.10. The number of ether oxygens (including phenoxy) is 3. The molecule has 0 saturated heterocycles. The molecule has 0 aromatic carbocycles. The van der Waals surface area contributed by atoms with Gasteiger partial charge in [-0.15, -0.1) is 0 Å². The lowest BCUT2D eigenvalue weighted by Crippen LogP contribution is -2.30. The van der Waals surface area contributed by atoms with Gasteiger partial charge in [0.2, 0.25) is 0 Å². The molecule has 66 heavy (non-hydrogen) atoms. The number of carbonyl (C=O) groups excluding carboxylic acids is 3. The largest absolute Gasteiger partial charge is 0.462 e. The van der Waals surface area contributed by atoms with Gasteiger partial charge in [0.05, 0.1) is 0 Å². The number of rotatable bonds is 43.